The minimum absolute atomic E-state index is 0.635. The minimum Gasteiger partial charge on any atom is -0.331 e. The van der Waals surface area contributed by atoms with Gasteiger partial charge in [-0.15, -0.1) is 0 Å². The Bertz CT molecular complexity index is 316. The Balaban J connectivity index is 2.18. The fourth-order valence-electron chi connectivity index (χ4n) is 2.24. The summed E-state index contributed by atoms with van der Waals surface area (Å²) in [4.78, 5) is 4.36. The molecule has 0 bridgehead atoms. The maximum absolute atomic E-state index is 4.36. The molecule has 0 radical (unpaired) electrons. The number of hydrogen-bond acceptors (Lipinski definition) is 2. The van der Waals surface area contributed by atoms with Crippen LogP contribution < -0.4 is 5.32 Å². The largest absolute Gasteiger partial charge is 0.331 e. The van der Waals surface area contributed by atoms with Gasteiger partial charge in [0.25, 0.3) is 0 Å². The van der Waals surface area contributed by atoms with E-state index in [9.17, 15) is 0 Å². The number of imidazole rings is 1. The topological polar surface area (TPSA) is 29.9 Å². The Morgan fingerprint density at radius 2 is 2.29 bits per heavy atom. The lowest BCUT2D eigenvalue weighted by molar-refractivity contribution is 0.310. The molecule has 2 atom stereocenters. The summed E-state index contributed by atoms with van der Waals surface area (Å²) in [7, 11) is 0. The molecule has 1 N–H and O–H groups in total. The number of piperidine rings is 1. The van der Waals surface area contributed by atoms with Crippen LogP contribution in [0.5, 0.6) is 0 Å². The highest BCUT2D eigenvalue weighted by atomic mass is 15.1. The van der Waals surface area contributed by atoms with E-state index in [-0.39, 0.29) is 0 Å². The summed E-state index contributed by atoms with van der Waals surface area (Å²) < 4.78 is 2.34. The Kier molecular flexibility index (Phi) is 2.59. The van der Waals surface area contributed by atoms with Crippen LogP contribution in [0.15, 0.2) is 6.33 Å². The number of aromatic nitrogens is 2. The van der Waals surface area contributed by atoms with Gasteiger partial charge in [0.05, 0.1) is 12.0 Å². The van der Waals surface area contributed by atoms with Gasteiger partial charge in [-0.05, 0) is 40.2 Å². The SMILES string of the molecule is Cc1ncn(C2CCNC(C)C2)c1C. The minimum atomic E-state index is 0.635. The van der Waals surface area contributed by atoms with Gasteiger partial charge in [-0.3, -0.25) is 0 Å². The van der Waals surface area contributed by atoms with Crippen LogP contribution >= 0.6 is 0 Å². The lowest BCUT2D eigenvalue weighted by atomic mass is 10.0. The second-order valence-electron chi connectivity index (χ2n) is 4.36. The summed E-state index contributed by atoms with van der Waals surface area (Å²) in [5.74, 6) is 0. The molecular weight excluding hydrogens is 174 g/mol. The molecule has 0 amide bonds. The summed E-state index contributed by atoms with van der Waals surface area (Å²) in [6.45, 7) is 7.62. The summed E-state index contributed by atoms with van der Waals surface area (Å²) in [5, 5.41) is 3.47. The smallest absolute Gasteiger partial charge is 0.0954 e. The molecule has 2 rings (SSSR count). The molecule has 2 unspecified atom stereocenters. The Labute approximate surface area is 85.5 Å². The van der Waals surface area contributed by atoms with E-state index in [2.05, 4.69) is 35.6 Å². The van der Waals surface area contributed by atoms with E-state index in [0.29, 0.717) is 12.1 Å². The van der Waals surface area contributed by atoms with Gasteiger partial charge in [-0.2, -0.15) is 0 Å². The third-order valence-corrected chi connectivity index (χ3v) is 3.28. The first-order valence-electron chi connectivity index (χ1n) is 5.42. The molecule has 3 heteroatoms. The van der Waals surface area contributed by atoms with Crippen LogP contribution in [0.25, 0.3) is 0 Å². The first kappa shape index (κ1) is 9.71. The van der Waals surface area contributed by atoms with Crippen LogP contribution in [0.3, 0.4) is 0 Å². The lowest BCUT2D eigenvalue weighted by Crippen LogP contribution is -2.36. The molecule has 3 nitrogen and oxygen atoms in total. The van der Waals surface area contributed by atoms with Crippen LogP contribution in [0.2, 0.25) is 0 Å². The summed E-state index contributed by atoms with van der Waals surface area (Å²) in [6, 6.07) is 1.28. The predicted octanol–water partition coefficient (Wildman–Crippen LogP) is 1.81. The molecule has 1 aliphatic rings. The Morgan fingerprint density at radius 1 is 1.50 bits per heavy atom. The van der Waals surface area contributed by atoms with E-state index in [1.165, 1.54) is 18.5 Å². The van der Waals surface area contributed by atoms with Crippen molar-refractivity contribution in [2.24, 2.45) is 0 Å². The molecule has 1 aromatic heterocycles. The van der Waals surface area contributed by atoms with E-state index in [0.717, 1.165) is 12.2 Å². The fourth-order valence-corrected chi connectivity index (χ4v) is 2.24. The zero-order chi connectivity index (χ0) is 10.1. The van der Waals surface area contributed by atoms with Gasteiger partial charge in [-0.1, -0.05) is 0 Å². The van der Waals surface area contributed by atoms with Gasteiger partial charge in [-0.25, -0.2) is 4.98 Å². The van der Waals surface area contributed by atoms with Crippen LogP contribution in [0.4, 0.5) is 0 Å². The maximum atomic E-state index is 4.36. The molecule has 1 aromatic rings. The first-order valence-corrected chi connectivity index (χ1v) is 5.42. The number of rotatable bonds is 1. The lowest BCUT2D eigenvalue weighted by Gasteiger charge is -2.29. The molecule has 0 aromatic carbocycles. The van der Waals surface area contributed by atoms with Crippen LogP contribution in [-0.2, 0) is 0 Å². The summed E-state index contributed by atoms with van der Waals surface area (Å²) in [5.41, 5.74) is 2.49. The molecule has 0 spiro atoms. The quantitative estimate of drug-likeness (QED) is 0.737. The molecule has 1 fully saturated rings. The van der Waals surface area contributed by atoms with Crippen molar-refractivity contribution in [1.29, 1.82) is 0 Å². The Hall–Kier alpha value is -0.830. The number of hydrogen-bond donors (Lipinski definition) is 1. The molecule has 0 saturated carbocycles. The molecule has 2 heterocycles. The molecule has 14 heavy (non-hydrogen) atoms. The predicted molar refractivity (Wildman–Crippen MR) is 57.4 cm³/mol. The molecule has 0 aliphatic carbocycles. The van der Waals surface area contributed by atoms with Gasteiger partial charge >= 0.3 is 0 Å². The van der Waals surface area contributed by atoms with Crippen LogP contribution in [0, 0.1) is 13.8 Å². The van der Waals surface area contributed by atoms with E-state index < -0.39 is 0 Å². The van der Waals surface area contributed by atoms with Crippen LogP contribution in [-0.4, -0.2) is 22.1 Å². The van der Waals surface area contributed by atoms with Crippen molar-refractivity contribution < 1.29 is 0 Å². The van der Waals surface area contributed by atoms with E-state index in [1.807, 2.05) is 6.33 Å². The zero-order valence-corrected chi connectivity index (χ0v) is 9.25. The van der Waals surface area contributed by atoms with Crippen molar-refractivity contribution in [3.63, 3.8) is 0 Å². The zero-order valence-electron chi connectivity index (χ0n) is 9.25. The third-order valence-electron chi connectivity index (χ3n) is 3.28. The normalized spacial score (nSPS) is 27.9. The molecule has 1 saturated heterocycles. The second kappa shape index (κ2) is 3.73. The van der Waals surface area contributed by atoms with Crippen molar-refractivity contribution in [3.05, 3.63) is 17.7 Å². The van der Waals surface area contributed by atoms with Gasteiger partial charge < -0.3 is 9.88 Å². The highest BCUT2D eigenvalue weighted by Crippen LogP contribution is 2.23. The van der Waals surface area contributed by atoms with E-state index in [4.69, 9.17) is 0 Å². The van der Waals surface area contributed by atoms with Crippen LogP contribution in [0.1, 0.15) is 37.2 Å². The highest BCUT2D eigenvalue weighted by Gasteiger charge is 2.20. The second-order valence-corrected chi connectivity index (χ2v) is 4.36. The van der Waals surface area contributed by atoms with Gasteiger partial charge in [0, 0.05) is 17.8 Å². The summed E-state index contributed by atoms with van der Waals surface area (Å²) in [6.07, 6.45) is 4.44. The van der Waals surface area contributed by atoms with Crippen molar-refractivity contribution in [2.75, 3.05) is 6.54 Å². The van der Waals surface area contributed by atoms with Gasteiger partial charge in [0.1, 0.15) is 0 Å². The first-order chi connectivity index (χ1) is 6.68. The fraction of sp³-hybridized carbons (Fsp3) is 0.727. The number of aryl methyl sites for hydroxylation is 1. The molecule has 1 aliphatic heterocycles. The van der Waals surface area contributed by atoms with Crippen molar-refractivity contribution >= 4 is 0 Å². The van der Waals surface area contributed by atoms with Gasteiger partial charge in [0.2, 0.25) is 0 Å². The van der Waals surface area contributed by atoms with E-state index >= 15 is 0 Å². The highest BCUT2D eigenvalue weighted by molar-refractivity contribution is 5.10. The average Bonchev–Trinajstić information content (AvgIpc) is 2.48. The third kappa shape index (κ3) is 1.69. The molecule has 78 valence electrons. The van der Waals surface area contributed by atoms with Gasteiger partial charge in [0.15, 0.2) is 0 Å². The summed E-state index contributed by atoms with van der Waals surface area (Å²) >= 11 is 0. The van der Waals surface area contributed by atoms with Crippen molar-refractivity contribution in [3.8, 4) is 0 Å². The maximum Gasteiger partial charge on any atom is 0.0954 e. The standard InChI is InChI=1S/C11H19N3/c1-8-6-11(4-5-12-8)14-7-13-9(2)10(14)3/h7-8,11-12H,4-6H2,1-3H3. The van der Waals surface area contributed by atoms with Crippen molar-refractivity contribution in [2.45, 2.75) is 45.7 Å². The number of nitrogens with one attached hydrogen (secondary N) is 1. The monoisotopic (exact) mass is 193 g/mol. The van der Waals surface area contributed by atoms with Crippen molar-refractivity contribution in [1.82, 2.24) is 14.9 Å². The average molecular weight is 193 g/mol. The van der Waals surface area contributed by atoms with E-state index in [1.54, 1.807) is 0 Å². The Morgan fingerprint density at radius 3 is 2.86 bits per heavy atom. The molecular formula is C11H19N3. The number of nitrogens with zero attached hydrogens (tertiary/aromatic N) is 2.